The van der Waals surface area contributed by atoms with Crippen LogP contribution in [0.1, 0.15) is 16.8 Å². The van der Waals surface area contributed by atoms with Gasteiger partial charge in [0.15, 0.2) is 0 Å². The SMILES string of the molecule is Cc1cnc2c(c1)CC(N)(C(=O)O)C2. The molecule has 1 aliphatic carbocycles. The summed E-state index contributed by atoms with van der Waals surface area (Å²) in [4.78, 5) is 15.1. The van der Waals surface area contributed by atoms with Gasteiger partial charge in [-0.3, -0.25) is 9.78 Å². The smallest absolute Gasteiger partial charge is 0.324 e. The Morgan fingerprint density at radius 2 is 2.36 bits per heavy atom. The molecule has 1 aliphatic rings. The maximum absolute atomic E-state index is 10.9. The molecule has 1 aromatic rings. The van der Waals surface area contributed by atoms with Gasteiger partial charge in [0.2, 0.25) is 0 Å². The zero-order valence-electron chi connectivity index (χ0n) is 7.95. The lowest BCUT2D eigenvalue weighted by Crippen LogP contribution is -2.48. The van der Waals surface area contributed by atoms with E-state index in [1.54, 1.807) is 6.20 Å². The molecule has 0 bridgehead atoms. The molecule has 0 fully saturated rings. The molecule has 2 rings (SSSR count). The van der Waals surface area contributed by atoms with Gasteiger partial charge in [-0.1, -0.05) is 6.07 Å². The molecule has 1 heterocycles. The highest BCUT2D eigenvalue weighted by Gasteiger charge is 2.41. The molecule has 4 nitrogen and oxygen atoms in total. The lowest BCUT2D eigenvalue weighted by Gasteiger charge is -2.16. The first-order chi connectivity index (χ1) is 6.51. The van der Waals surface area contributed by atoms with Gasteiger partial charge in [0.25, 0.3) is 0 Å². The molecule has 4 heteroatoms. The molecule has 0 spiro atoms. The zero-order chi connectivity index (χ0) is 10.3. The van der Waals surface area contributed by atoms with E-state index in [1.165, 1.54) is 0 Å². The fourth-order valence-electron chi connectivity index (χ4n) is 1.82. The lowest BCUT2D eigenvalue weighted by atomic mass is 9.98. The molecule has 0 saturated heterocycles. The summed E-state index contributed by atoms with van der Waals surface area (Å²) in [6.45, 7) is 1.94. The van der Waals surface area contributed by atoms with Crippen LogP contribution in [-0.4, -0.2) is 21.6 Å². The van der Waals surface area contributed by atoms with E-state index in [-0.39, 0.29) is 0 Å². The molecule has 0 radical (unpaired) electrons. The van der Waals surface area contributed by atoms with Gasteiger partial charge in [-0.15, -0.1) is 0 Å². The van der Waals surface area contributed by atoms with Gasteiger partial charge in [-0.05, 0) is 18.1 Å². The van der Waals surface area contributed by atoms with Crippen molar-refractivity contribution < 1.29 is 9.90 Å². The van der Waals surface area contributed by atoms with E-state index in [0.29, 0.717) is 12.8 Å². The summed E-state index contributed by atoms with van der Waals surface area (Å²) < 4.78 is 0. The molecular formula is C10H12N2O2. The monoisotopic (exact) mass is 192 g/mol. The fraction of sp³-hybridized carbons (Fsp3) is 0.400. The van der Waals surface area contributed by atoms with Crippen molar-refractivity contribution in [2.24, 2.45) is 5.73 Å². The van der Waals surface area contributed by atoms with E-state index < -0.39 is 11.5 Å². The number of pyridine rings is 1. The van der Waals surface area contributed by atoms with Crippen molar-refractivity contribution in [2.75, 3.05) is 0 Å². The van der Waals surface area contributed by atoms with Crippen molar-refractivity contribution in [3.8, 4) is 0 Å². The first-order valence-corrected chi connectivity index (χ1v) is 4.48. The predicted octanol–water partition coefficient (Wildman–Crippen LogP) is 0.271. The number of hydrogen-bond acceptors (Lipinski definition) is 3. The van der Waals surface area contributed by atoms with Crippen LogP contribution >= 0.6 is 0 Å². The highest BCUT2D eigenvalue weighted by Crippen LogP contribution is 2.27. The summed E-state index contributed by atoms with van der Waals surface area (Å²) in [5, 5.41) is 8.96. The molecule has 1 atom stereocenters. The van der Waals surface area contributed by atoms with Gasteiger partial charge in [0.05, 0.1) is 0 Å². The first-order valence-electron chi connectivity index (χ1n) is 4.48. The Bertz CT molecular complexity index is 403. The van der Waals surface area contributed by atoms with Crippen molar-refractivity contribution >= 4 is 5.97 Å². The average Bonchev–Trinajstić information content (AvgIpc) is 2.42. The van der Waals surface area contributed by atoms with Crippen LogP contribution in [0.3, 0.4) is 0 Å². The van der Waals surface area contributed by atoms with Crippen molar-refractivity contribution in [1.29, 1.82) is 0 Å². The number of carboxylic acids is 1. The third-order valence-corrected chi connectivity index (χ3v) is 2.61. The van der Waals surface area contributed by atoms with Crippen LogP contribution in [0.2, 0.25) is 0 Å². The number of aromatic nitrogens is 1. The second-order valence-electron chi connectivity index (χ2n) is 3.93. The molecule has 3 N–H and O–H groups in total. The minimum Gasteiger partial charge on any atom is -0.480 e. The Balaban J connectivity index is 2.39. The molecule has 74 valence electrons. The number of nitrogens with zero attached hydrogens (tertiary/aromatic N) is 1. The third kappa shape index (κ3) is 1.28. The minimum atomic E-state index is -1.15. The third-order valence-electron chi connectivity index (χ3n) is 2.61. The zero-order valence-corrected chi connectivity index (χ0v) is 7.95. The number of rotatable bonds is 1. The Kier molecular flexibility index (Phi) is 1.82. The highest BCUT2D eigenvalue weighted by atomic mass is 16.4. The lowest BCUT2D eigenvalue weighted by molar-refractivity contribution is -0.142. The largest absolute Gasteiger partial charge is 0.480 e. The quantitative estimate of drug-likeness (QED) is 0.669. The standard InChI is InChI=1S/C10H12N2O2/c1-6-2-7-3-10(11,9(13)14)4-8(7)12-5-6/h2,5H,3-4,11H2,1H3,(H,13,14). The Morgan fingerprint density at radius 1 is 1.64 bits per heavy atom. The van der Waals surface area contributed by atoms with Crippen molar-refractivity contribution in [3.05, 3.63) is 29.1 Å². The Hall–Kier alpha value is -1.42. The maximum atomic E-state index is 10.9. The minimum absolute atomic E-state index is 0.331. The van der Waals surface area contributed by atoms with E-state index >= 15 is 0 Å². The second-order valence-corrected chi connectivity index (χ2v) is 3.93. The maximum Gasteiger partial charge on any atom is 0.324 e. The number of fused-ring (bicyclic) bond motifs is 1. The molecular weight excluding hydrogens is 180 g/mol. The van der Waals surface area contributed by atoms with Crippen molar-refractivity contribution in [3.63, 3.8) is 0 Å². The van der Waals surface area contributed by atoms with Crippen molar-refractivity contribution in [2.45, 2.75) is 25.3 Å². The summed E-state index contributed by atoms with van der Waals surface area (Å²) in [5.74, 6) is -0.951. The van der Waals surface area contributed by atoms with Crippen LogP contribution in [0, 0.1) is 6.92 Å². The van der Waals surface area contributed by atoms with E-state index in [1.807, 2.05) is 13.0 Å². The van der Waals surface area contributed by atoms with E-state index in [0.717, 1.165) is 16.8 Å². The molecule has 0 amide bonds. The van der Waals surface area contributed by atoms with Crippen LogP contribution in [0.5, 0.6) is 0 Å². The number of aryl methyl sites for hydroxylation is 1. The topological polar surface area (TPSA) is 76.2 Å². The van der Waals surface area contributed by atoms with Gasteiger partial charge in [0.1, 0.15) is 5.54 Å². The molecule has 1 unspecified atom stereocenters. The molecule has 1 aromatic heterocycles. The van der Waals surface area contributed by atoms with E-state index in [2.05, 4.69) is 4.98 Å². The number of nitrogens with two attached hydrogens (primary N) is 1. The summed E-state index contributed by atoms with van der Waals surface area (Å²) >= 11 is 0. The Labute approximate surface area is 81.8 Å². The van der Waals surface area contributed by atoms with Gasteiger partial charge in [-0.2, -0.15) is 0 Å². The van der Waals surface area contributed by atoms with Gasteiger partial charge in [0, 0.05) is 24.7 Å². The van der Waals surface area contributed by atoms with Gasteiger partial charge >= 0.3 is 5.97 Å². The summed E-state index contributed by atoms with van der Waals surface area (Å²) in [6, 6.07) is 1.96. The second kappa shape index (κ2) is 2.78. The van der Waals surface area contributed by atoms with Crippen molar-refractivity contribution in [1.82, 2.24) is 4.98 Å². The fourth-order valence-corrected chi connectivity index (χ4v) is 1.82. The van der Waals surface area contributed by atoms with E-state index in [4.69, 9.17) is 10.8 Å². The molecule has 0 saturated carbocycles. The number of carbonyl (C=O) groups is 1. The molecule has 0 aromatic carbocycles. The van der Waals surface area contributed by atoms with E-state index in [9.17, 15) is 4.79 Å². The van der Waals surface area contributed by atoms with Crippen LogP contribution in [-0.2, 0) is 17.6 Å². The summed E-state index contributed by atoms with van der Waals surface area (Å²) in [5.41, 5.74) is 7.44. The molecule has 0 aliphatic heterocycles. The predicted molar refractivity (Wildman–Crippen MR) is 50.9 cm³/mol. The Morgan fingerprint density at radius 3 is 3.00 bits per heavy atom. The number of aliphatic carboxylic acids is 1. The van der Waals surface area contributed by atoms with Crippen LogP contribution < -0.4 is 5.73 Å². The summed E-state index contributed by atoms with van der Waals surface area (Å²) in [7, 11) is 0. The summed E-state index contributed by atoms with van der Waals surface area (Å²) in [6.07, 6.45) is 2.46. The van der Waals surface area contributed by atoms with Gasteiger partial charge in [-0.25, -0.2) is 0 Å². The van der Waals surface area contributed by atoms with Crippen LogP contribution in [0.15, 0.2) is 12.3 Å². The number of carboxylic acid groups (broad SMARTS) is 1. The molecule has 14 heavy (non-hydrogen) atoms. The normalized spacial score (nSPS) is 24.7. The highest BCUT2D eigenvalue weighted by molar-refractivity contribution is 5.80. The number of hydrogen-bond donors (Lipinski definition) is 2. The van der Waals surface area contributed by atoms with Crippen LogP contribution in [0.4, 0.5) is 0 Å². The van der Waals surface area contributed by atoms with Crippen LogP contribution in [0.25, 0.3) is 0 Å². The average molecular weight is 192 g/mol. The first kappa shape index (κ1) is 9.15. The van der Waals surface area contributed by atoms with Gasteiger partial charge < -0.3 is 10.8 Å².